The molecule has 2 aliphatic rings. The van der Waals surface area contributed by atoms with Gasteiger partial charge in [0.1, 0.15) is 0 Å². The van der Waals surface area contributed by atoms with Gasteiger partial charge in [-0.15, -0.1) is 0 Å². The molecule has 35 heavy (non-hydrogen) atoms. The van der Waals surface area contributed by atoms with E-state index < -0.39 is 0 Å². The Morgan fingerprint density at radius 3 is 2.17 bits per heavy atom. The second-order valence-corrected chi connectivity index (χ2v) is 9.27. The molecule has 2 aliphatic heterocycles. The predicted octanol–water partition coefficient (Wildman–Crippen LogP) is 4.54. The second kappa shape index (κ2) is 10.8. The molecule has 0 bridgehead atoms. The number of hydrogen-bond acceptors (Lipinski definition) is 3. The van der Waals surface area contributed by atoms with Crippen molar-refractivity contribution in [3.05, 3.63) is 102 Å². The van der Waals surface area contributed by atoms with E-state index in [4.69, 9.17) is 0 Å². The molecule has 2 saturated heterocycles. The van der Waals surface area contributed by atoms with Crippen LogP contribution in [0, 0.1) is 11.8 Å². The molecule has 0 unspecified atom stereocenters. The molecule has 2 fully saturated rings. The van der Waals surface area contributed by atoms with Gasteiger partial charge in [0.05, 0.1) is 6.61 Å². The molecular weight excluding hydrogens is 434 g/mol. The Kier molecular flexibility index (Phi) is 7.13. The van der Waals surface area contributed by atoms with Gasteiger partial charge < -0.3 is 15.3 Å². The first-order valence-electron chi connectivity index (χ1n) is 12.4. The number of rotatable bonds is 3. The van der Waals surface area contributed by atoms with Gasteiger partial charge in [-0.1, -0.05) is 60.4 Å². The number of hydrogen-bond donors (Lipinski definition) is 2. The number of fused-ring (bicyclic) bond motifs is 1. The van der Waals surface area contributed by atoms with Crippen molar-refractivity contribution < 1.29 is 9.90 Å². The number of benzene rings is 3. The number of nitrogens with one attached hydrogen (secondary N) is 1. The van der Waals surface area contributed by atoms with E-state index in [1.807, 2.05) is 65.6 Å². The van der Waals surface area contributed by atoms with Gasteiger partial charge in [-0.25, -0.2) is 4.79 Å². The van der Waals surface area contributed by atoms with Crippen LogP contribution in [0.3, 0.4) is 0 Å². The number of aliphatic hydroxyl groups excluding tert-OH is 1. The lowest BCUT2D eigenvalue weighted by atomic mass is 9.74. The molecule has 0 aromatic heterocycles. The highest BCUT2D eigenvalue weighted by atomic mass is 16.3. The SMILES string of the molecule is O=C(Nc1ccccc1)N1CCCCN2[C@H](CO)[C@H](c3ccc(C#Cc4ccccc4)cc3)[C@@H]2C1. The van der Waals surface area contributed by atoms with Crippen molar-refractivity contribution in [2.75, 3.05) is 31.6 Å². The summed E-state index contributed by atoms with van der Waals surface area (Å²) in [7, 11) is 0. The first kappa shape index (κ1) is 23.2. The van der Waals surface area contributed by atoms with Crippen LogP contribution >= 0.6 is 0 Å². The smallest absolute Gasteiger partial charge is 0.321 e. The van der Waals surface area contributed by atoms with E-state index in [2.05, 4.69) is 46.3 Å². The van der Waals surface area contributed by atoms with E-state index in [0.717, 1.165) is 42.7 Å². The zero-order valence-corrected chi connectivity index (χ0v) is 19.8. The summed E-state index contributed by atoms with van der Waals surface area (Å²) in [5.41, 5.74) is 3.97. The highest BCUT2D eigenvalue weighted by Crippen LogP contribution is 2.42. The number of urea groups is 1. The fourth-order valence-corrected chi connectivity index (χ4v) is 5.30. The average molecular weight is 466 g/mol. The first-order chi connectivity index (χ1) is 17.2. The van der Waals surface area contributed by atoms with Gasteiger partial charge in [-0.3, -0.25) is 4.90 Å². The summed E-state index contributed by atoms with van der Waals surface area (Å²) in [5, 5.41) is 13.2. The Morgan fingerprint density at radius 2 is 1.49 bits per heavy atom. The standard InChI is InChI=1S/C30H31N3O2/c34-22-28-29(25-17-15-24(16-18-25)14-13-23-9-3-1-4-10-23)27-21-32(19-7-8-20-33(27)28)30(35)31-26-11-5-2-6-12-26/h1-6,9-12,15-18,27-29,34H,7-8,19-22H2,(H,31,35)/t27-,28+,29+/m0/s1. The van der Waals surface area contributed by atoms with Gasteiger partial charge in [0.15, 0.2) is 0 Å². The van der Waals surface area contributed by atoms with E-state index in [0.29, 0.717) is 6.54 Å². The zero-order chi connectivity index (χ0) is 24.0. The van der Waals surface area contributed by atoms with E-state index in [-0.39, 0.29) is 30.6 Å². The van der Waals surface area contributed by atoms with E-state index in [1.165, 1.54) is 5.56 Å². The largest absolute Gasteiger partial charge is 0.395 e. The highest BCUT2D eigenvalue weighted by Gasteiger charge is 2.49. The maximum absolute atomic E-state index is 13.1. The van der Waals surface area contributed by atoms with Crippen molar-refractivity contribution in [2.24, 2.45) is 0 Å². The molecule has 5 rings (SSSR count). The van der Waals surface area contributed by atoms with Crippen molar-refractivity contribution >= 4 is 11.7 Å². The molecule has 5 nitrogen and oxygen atoms in total. The number of amides is 2. The van der Waals surface area contributed by atoms with Crippen LogP contribution in [0.4, 0.5) is 10.5 Å². The van der Waals surface area contributed by atoms with Crippen molar-refractivity contribution in [2.45, 2.75) is 30.8 Å². The fraction of sp³-hybridized carbons (Fsp3) is 0.300. The number of aliphatic hydroxyl groups is 1. The molecule has 2 N–H and O–H groups in total. The lowest BCUT2D eigenvalue weighted by Gasteiger charge is -2.57. The Balaban J connectivity index is 1.32. The molecule has 5 heteroatoms. The third-order valence-electron chi connectivity index (χ3n) is 7.10. The fourth-order valence-electron chi connectivity index (χ4n) is 5.30. The molecule has 0 radical (unpaired) electrons. The second-order valence-electron chi connectivity index (χ2n) is 9.27. The summed E-state index contributed by atoms with van der Waals surface area (Å²) < 4.78 is 0. The Bertz CT molecular complexity index is 1190. The van der Waals surface area contributed by atoms with Gasteiger partial charge in [0.25, 0.3) is 0 Å². The van der Waals surface area contributed by atoms with Crippen LogP contribution in [0.2, 0.25) is 0 Å². The summed E-state index contributed by atoms with van der Waals surface area (Å²) >= 11 is 0. The lowest BCUT2D eigenvalue weighted by molar-refractivity contribution is -0.0585. The topological polar surface area (TPSA) is 55.8 Å². The van der Waals surface area contributed by atoms with Gasteiger partial charge in [0.2, 0.25) is 0 Å². The quantitative estimate of drug-likeness (QED) is 0.559. The molecule has 2 amide bonds. The van der Waals surface area contributed by atoms with Crippen LogP contribution < -0.4 is 5.32 Å². The van der Waals surface area contributed by atoms with Crippen molar-refractivity contribution in [1.82, 2.24) is 9.80 Å². The van der Waals surface area contributed by atoms with Crippen LogP contribution in [0.1, 0.15) is 35.4 Å². The Hall–Kier alpha value is -3.59. The molecule has 0 saturated carbocycles. The number of carbonyl (C=O) groups excluding carboxylic acids is 1. The summed E-state index contributed by atoms with van der Waals surface area (Å²) in [5.74, 6) is 6.63. The normalized spacial score (nSPS) is 22.0. The predicted molar refractivity (Wildman–Crippen MR) is 139 cm³/mol. The highest BCUT2D eigenvalue weighted by molar-refractivity contribution is 5.89. The molecule has 2 heterocycles. The molecule has 3 aromatic rings. The minimum absolute atomic E-state index is 0.0595. The maximum atomic E-state index is 13.1. The molecular formula is C30H31N3O2. The Labute approximate surface area is 207 Å². The van der Waals surface area contributed by atoms with Crippen molar-refractivity contribution in [3.8, 4) is 11.8 Å². The van der Waals surface area contributed by atoms with Crippen LogP contribution in [0.25, 0.3) is 0 Å². The summed E-state index contributed by atoms with van der Waals surface area (Å²) in [6, 6.07) is 28.2. The lowest BCUT2D eigenvalue weighted by Crippen LogP contribution is -2.68. The monoisotopic (exact) mass is 465 g/mol. The van der Waals surface area contributed by atoms with E-state index in [1.54, 1.807) is 0 Å². The average Bonchev–Trinajstić information content (AvgIpc) is 2.88. The number of para-hydroxylation sites is 1. The molecule has 3 aromatic carbocycles. The third-order valence-corrected chi connectivity index (χ3v) is 7.10. The first-order valence-corrected chi connectivity index (χ1v) is 12.4. The minimum atomic E-state index is -0.0595. The summed E-state index contributed by atoms with van der Waals surface area (Å²) in [6.45, 7) is 2.47. The van der Waals surface area contributed by atoms with Crippen LogP contribution in [-0.4, -0.2) is 59.3 Å². The number of anilines is 1. The molecule has 178 valence electrons. The minimum Gasteiger partial charge on any atom is -0.395 e. The number of carbonyl (C=O) groups is 1. The van der Waals surface area contributed by atoms with Crippen molar-refractivity contribution in [1.29, 1.82) is 0 Å². The molecule has 0 aliphatic carbocycles. The van der Waals surface area contributed by atoms with E-state index in [9.17, 15) is 9.90 Å². The number of nitrogens with zero attached hydrogens (tertiary/aromatic N) is 2. The van der Waals surface area contributed by atoms with Crippen LogP contribution in [-0.2, 0) is 0 Å². The summed E-state index contributed by atoms with van der Waals surface area (Å²) in [4.78, 5) is 17.4. The van der Waals surface area contributed by atoms with Crippen molar-refractivity contribution in [3.63, 3.8) is 0 Å². The maximum Gasteiger partial charge on any atom is 0.321 e. The molecule has 3 atom stereocenters. The summed E-state index contributed by atoms with van der Waals surface area (Å²) in [6.07, 6.45) is 1.98. The molecule has 0 spiro atoms. The third kappa shape index (κ3) is 5.24. The van der Waals surface area contributed by atoms with Crippen LogP contribution in [0.5, 0.6) is 0 Å². The van der Waals surface area contributed by atoms with Gasteiger partial charge in [0, 0.05) is 47.9 Å². The van der Waals surface area contributed by atoms with E-state index >= 15 is 0 Å². The van der Waals surface area contributed by atoms with Gasteiger partial charge in [-0.05, 0) is 61.3 Å². The zero-order valence-electron chi connectivity index (χ0n) is 19.8. The van der Waals surface area contributed by atoms with Crippen LogP contribution in [0.15, 0.2) is 84.9 Å². The van der Waals surface area contributed by atoms with Gasteiger partial charge in [-0.2, -0.15) is 0 Å². The Morgan fingerprint density at radius 1 is 0.857 bits per heavy atom. The van der Waals surface area contributed by atoms with Gasteiger partial charge >= 0.3 is 6.03 Å².